The van der Waals surface area contributed by atoms with Crippen molar-refractivity contribution in [3.63, 3.8) is 0 Å². The molecule has 0 radical (unpaired) electrons. The minimum Gasteiger partial charge on any atom is -0.453 e. The smallest absolute Gasteiger partial charge is 0.442 e. The summed E-state index contributed by atoms with van der Waals surface area (Å²) in [6.45, 7) is 5.71. The number of aliphatic hydroxyl groups is 1. The summed E-state index contributed by atoms with van der Waals surface area (Å²) in [6, 6.07) is -0.886. The molecule has 3 unspecified atom stereocenters. The molecule has 1 amide bonds. The second-order valence-corrected chi connectivity index (χ2v) is 6.35. The molecule has 1 saturated heterocycles. The van der Waals surface area contributed by atoms with E-state index < -0.39 is 51.8 Å². The Hall–Kier alpha value is -2.29. The quantitative estimate of drug-likeness (QED) is 0.109. The van der Waals surface area contributed by atoms with Crippen molar-refractivity contribution in [1.29, 1.82) is 0 Å². The van der Waals surface area contributed by atoms with Crippen molar-refractivity contribution >= 4 is 40.2 Å². The van der Waals surface area contributed by atoms with Crippen LogP contribution >= 0.6 is 11.8 Å². The molecule has 4 atom stereocenters. The van der Waals surface area contributed by atoms with Crippen molar-refractivity contribution in [3.05, 3.63) is 18.2 Å². The maximum atomic E-state index is 12.5. The first-order valence-electron chi connectivity index (χ1n) is 6.94. The van der Waals surface area contributed by atoms with E-state index in [-0.39, 0.29) is 6.61 Å². The van der Waals surface area contributed by atoms with Gasteiger partial charge in [-0.25, -0.2) is 4.79 Å². The predicted octanol–water partition coefficient (Wildman–Crippen LogP) is -0.901. The van der Waals surface area contributed by atoms with Gasteiger partial charge in [0.25, 0.3) is 5.78 Å². The molecule has 24 heavy (non-hydrogen) atoms. The van der Waals surface area contributed by atoms with Crippen LogP contribution in [-0.2, 0) is 23.9 Å². The van der Waals surface area contributed by atoms with Crippen molar-refractivity contribution in [3.8, 4) is 0 Å². The van der Waals surface area contributed by atoms with Crippen molar-refractivity contribution in [2.45, 2.75) is 31.2 Å². The second-order valence-electron chi connectivity index (χ2n) is 5.03. The van der Waals surface area contributed by atoms with Gasteiger partial charge in [0.05, 0.1) is 18.1 Å². The molecule has 1 aliphatic rings. The molecule has 0 aromatic carbocycles. The van der Waals surface area contributed by atoms with Gasteiger partial charge < -0.3 is 20.7 Å². The molecule has 130 valence electrons. The van der Waals surface area contributed by atoms with Gasteiger partial charge in [-0.05, 0) is 6.92 Å². The van der Waals surface area contributed by atoms with Crippen LogP contribution in [0.15, 0.2) is 12.7 Å². The number of Topliss-reactive ketones (excluding diaryl/α,β-unsaturated/α-hetero) is 1. The SMILES string of the molecule is C=CCOC(=O)C(=[N+]=[N-])C(=O)C(SC(C)=O)C1NC(=O)C1[C@@H](C)O. The van der Waals surface area contributed by atoms with Crippen molar-refractivity contribution < 1.29 is 33.8 Å². The summed E-state index contributed by atoms with van der Waals surface area (Å²) in [5.74, 6) is -3.57. The average molecular weight is 355 g/mol. The largest absolute Gasteiger partial charge is 0.453 e. The van der Waals surface area contributed by atoms with Gasteiger partial charge in [0.15, 0.2) is 5.12 Å². The lowest BCUT2D eigenvalue weighted by Gasteiger charge is -2.41. The number of rotatable bonds is 8. The third-order valence-corrected chi connectivity index (χ3v) is 4.35. The molecule has 2 N–H and O–H groups in total. The molecule has 1 heterocycles. The van der Waals surface area contributed by atoms with E-state index >= 15 is 0 Å². The normalized spacial score (nSPS) is 21.4. The van der Waals surface area contributed by atoms with Crippen LogP contribution in [0, 0.1) is 5.92 Å². The fourth-order valence-electron chi connectivity index (χ4n) is 2.20. The van der Waals surface area contributed by atoms with Crippen molar-refractivity contribution in [2.75, 3.05) is 6.61 Å². The van der Waals surface area contributed by atoms with E-state index in [9.17, 15) is 24.3 Å². The van der Waals surface area contributed by atoms with Crippen molar-refractivity contribution in [1.82, 2.24) is 5.32 Å². The Morgan fingerprint density at radius 1 is 1.54 bits per heavy atom. The lowest BCUT2D eigenvalue weighted by Crippen LogP contribution is -2.67. The zero-order chi connectivity index (χ0) is 18.4. The van der Waals surface area contributed by atoms with Crippen LogP contribution in [0.4, 0.5) is 0 Å². The molecular formula is C14H17N3O6S. The molecule has 0 aromatic heterocycles. The molecular weight excluding hydrogens is 338 g/mol. The molecule has 0 spiro atoms. The zero-order valence-electron chi connectivity index (χ0n) is 13.1. The maximum absolute atomic E-state index is 12.5. The highest BCUT2D eigenvalue weighted by Crippen LogP contribution is 2.30. The van der Waals surface area contributed by atoms with Gasteiger partial charge in [0, 0.05) is 6.92 Å². The summed E-state index contributed by atoms with van der Waals surface area (Å²) in [6.07, 6.45) is 0.197. The minimum atomic E-state index is -1.23. The number of nitrogens with one attached hydrogen (secondary N) is 1. The average Bonchev–Trinajstić information content (AvgIpc) is 2.47. The zero-order valence-corrected chi connectivity index (χ0v) is 13.9. The number of ketones is 1. The Bertz CT molecular complexity index is 626. The van der Waals surface area contributed by atoms with Gasteiger partial charge in [-0.2, -0.15) is 4.79 Å². The number of esters is 1. The highest BCUT2D eigenvalue weighted by molar-refractivity contribution is 8.14. The number of nitrogens with zero attached hydrogens (tertiary/aromatic N) is 2. The van der Waals surface area contributed by atoms with Crippen LogP contribution in [0.25, 0.3) is 5.53 Å². The van der Waals surface area contributed by atoms with Crippen LogP contribution in [0.1, 0.15) is 13.8 Å². The van der Waals surface area contributed by atoms with Crippen LogP contribution < -0.4 is 5.32 Å². The summed E-state index contributed by atoms with van der Waals surface area (Å²) < 4.78 is 4.65. The Kier molecular flexibility index (Phi) is 7.02. The van der Waals surface area contributed by atoms with Gasteiger partial charge in [0.1, 0.15) is 11.9 Å². The first-order valence-corrected chi connectivity index (χ1v) is 7.82. The topological polar surface area (TPSA) is 146 Å². The van der Waals surface area contributed by atoms with Crippen LogP contribution in [-0.4, -0.2) is 62.4 Å². The van der Waals surface area contributed by atoms with Gasteiger partial charge in [0.2, 0.25) is 5.91 Å². The highest BCUT2D eigenvalue weighted by Gasteiger charge is 2.52. The first-order chi connectivity index (χ1) is 11.2. The number of aliphatic hydroxyl groups excluding tert-OH is 1. The monoisotopic (exact) mass is 355 g/mol. The van der Waals surface area contributed by atoms with E-state index in [1.165, 1.54) is 19.9 Å². The predicted molar refractivity (Wildman–Crippen MR) is 84.0 cm³/mol. The molecule has 0 aliphatic carbocycles. The molecule has 1 rings (SSSR count). The minimum absolute atomic E-state index is 0.202. The van der Waals surface area contributed by atoms with Crippen LogP contribution in [0.3, 0.4) is 0 Å². The van der Waals surface area contributed by atoms with E-state index in [1.807, 2.05) is 0 Å². The molecule has 10 heteroatoms. The summed E-state index contributed by atoms with van der Waals surface area (Å²) in [4.78, 5) is 49.9. The van der Waals surface area contributed by atoms with Gasteiger partial charge >= 0.3 is 11.7 Å². The highest BCUT2D eigenvalue weighted by atomic mass is 32.2. The molecule has 0 aromatic rings. The van der Waals surface area contributed by atoms with E-state index in [2.05, 4.69) is 21.4 Å². The third-order valence-electron chi connectivity index (χ3n) is 3.25. The Morgan fingerprint density at radius 2 is 2.17 bits per heavy atom. The second kappa shape index (κ2) is 8.53. The standard InChI is InChI=1S/C14H17N3O6S/c1-4-5-23-14(22)10(17-15)11(20)12(24-7(3)19)9-8(6(2)18)13(21)16-9/h4,6,8-9,12,18H,1,5H2,2-3H3,(H,16,21)/t6-,8?,9?,12?/m1/s1. The van der Waals surface area contributed by atoms with Crippen LogP contribution in [0.2, 0.25) is 0 Å². The summed E-state index contributed by atoms with van der Waals surface area (Å²) >= 11 is 0.566. The Balaban J connectivity index is 3.07. The number of carbonyl (C=O) groups is 4. The molecule has 1 fully saturated rings. The number of β-lactam (4-membered cyclic amide) rings is 1. The van der Waals surface area contributed by atoms with Gasteiger partial charge in [-0.15, -0.1) is 0 Å². The summed E-state index contributed by atoms with van der Waals surface area (Å²) in [5.41, 5.74) is 8.06. The first kappa shape index (κ1) is 19.8. The number of amides is 1. The fourth-order valence-corrected chi connectivity index (χ4v) is 3.16. The van der Waals surface area contributed by atoms with E-state index in [4.69, 9.17) is 5.53 Å². The summed E-state index contributed by atoms with van der Waals surface area (Å²) in [5, 5.41) is 10.4. The van der Waals surface area contributed by atoms with Crippen LogP contribution in [0.5, 0.6) is 0 Å². The number of thioether (sulfide) groups is 1. The van der Waals surface area contributed by atoms with Crippen molar-refractivity contribution in [2.24, 2.45) is 5.92 Å². The lowest BCUT2D eigenvalue weighted by atomic mass is 9.82. The number of carbonyl (C=O) groups excluding carboxylic acids is 4. The lowest BCUT2D eigenvalue weighted by molar-refractivity contribution is -0.142. The molecule has 0 bridgehead atoms. The summed E-state index contributed by atoms with van der Waals surface area (Å²) in [7, 11) is 0. The van der Waals surface area contributed by atoms with Gasteiger partial charge in [-0.1, -0.05) is 24.4 Å². The Labute approximate surface area is 142 Å². The Morgan fingerprint density at radius 3 is 2.58 bits per heavy atom. The van der Waals surface area contributed by atoms with E-state index in [1.54, 1.807) is 0 Å². The number of hydrogen-bond donors (Lipinski definition) is 2. The number of ether oxygens (including phenoxy) is 1. The maximum Gasteiger partial charge on any atom is 0.442 e. The molecule has 1 aliphatic heterocycles. The third kappa shape index (κ3) is 4.38. The molecule has 9 nitrogen and oxygen atoms in total. The fraction of sp³-hybridized carbons (Fsp3) is 0.500. The van der Waals surface area contributed by atoms with E-state index in [0.29, 0.717) is 11.8 Å². The van der Waals surface area contributed by atoms with E-state index in [0.717, 1.165) is 0 Å². The molecule has 0 saturated carbocycles. The van der Waals surface area contributed by atoms with Gasteiger partial charge in [-0.3, -0.25) is 14.4 Å². The number of hydrogen-bond acceptors (Lipinski definition) is 7.